The molecule has 0 bridgehead atoms. The van der Waals surface area contributed by atoms with Crippen molar-refractivity contribution < 1.29 is 0 Å². The molecule has 0 fully saturated rings. The van der Waals surface area contributed by atoms with Gasteiger partial charge in [-0.3, -0.25) is 9.36 Å². The summed E-state index contributed by atoms with van der Waals surface area (Å²) in [5.41, 5.74) is 5.00. The van der Waals surface area contributed by atoms with Gasteiger partial charge in [-0.25, -0.2) is 15.8 Å². The Hall–Kier alpha value is -2.25. The highest BCUT2D eigenvalue weighted by Crippen LogP contribution is 2.19. The number of nitrogens with zero attached hydrogens (tertiary/aromatic N) is 3. The minimum atomic E-state index is -0.0407. The number of aryl methyl sites for hydroxylation is 1. The molecule has 0 atom stereocenters. The molecule has 0 aromatic carbocycles. The van der Waals surface area contributed by atoms with Crippen molar-refractivity contribution in [2.45, 2.75) is 13.5 Å². The zero-order valence-corrected chi connectivity index (χ0v) is 11.6. The number of rotatable bonds is 3. The number of anilines is 1. The van der Waals surface area contributed by atoms with E-state index in [1.165, 1.54) is 11.3 Å². The molecule has 0 aliphatic rings. The van der Waals surface area contributed by atoms with Gasteiger partial charge < -0.3 is 5.43 Å². The summed E-state index contributed by atoms with van der Waals surface area (Å²) in [7, 11) is 0. The van der Waals surface area contributed by atoms with Crippen LogP contribution >= 0.6 is 11.3 Å². The van der Waals surface area contributed by atoms with Crippen LogP contribution in [0.15, 0.2) is 34.7 Å². The third-order valence-electron chi connectivity index (χ3n) is 3.01. The maximum Gasteiger partial charge on any atom is 0.271 e. The zero-order valence-electron chi connectivity index (χ0n) is 10.8. The van der Waals surface area contributed by atoms with Gasteiger partial charge in [0.1, 0.15) is 10.5 Å². The fourth-order valence-electron chi connectivity index (χ4n) is 2.00. The highest BCUT2D eigenvalue weighted by Gasteiger charge is 2.09. The smallest absolute Gasteiger partial charge is 0.271 e. The minimum absolute atomic E-state index is 0.0407. The molecule has 0 unspecified atom stereocenters. The van der Waals surface area contributed by atoms with E-state index < -0.39 is 0 Å². The molecular weight excluding hydrogens is 274 g/mol. The number of nitrogen functional groups attached to an aromatic ring is 1. The number of aromatic nitrogens is 3. The molecule has 6 nitrogen and oxygen atoms in total. The van der Waals surface area contributed by atoms with Crippen LogP contribution in [0.2, 0.25) is 0 Å². The fourth-order valence-corrected chi connectivity index (χ4v) is 2.95. The minimum Gasteiger partial charge on any atom is -0.308 e. The van der Waals surface area contributed by atoms with Crippen LogP contribution in [0, 0.1) is 6.92 Å². The van der Waals surface area contributed by atoms with Gasteiger partial charge in [0, 0.05) is 0 Å². The molecule has 3 N–H and O–H groups in total. The Morgan fingerprint density at radius 2 is 2.30 bits per heavy atom. The van der Waals surface area contributed by atoms with E-state index in [0.717, 1.165) is 16.8 Å². The second-order valence-electron chi connectivity index (χ2n) is 4.43. The number of hydrogen-bond donors (Lipinski definition) is 2. The van der Waals surface area contributed by atoms with Crippen LogP contribution in [0.4, 0.5) is 5.82 Å². The van der Waals surface area contributed by atoms with Crippen molar-refractivity contribution in [2.24, 2.45) is 5.84 Å². The van der Waals surface area contributed by atoms with E-state index in [-0.39, 0.29) is 5.56 Å². The van der Waals surface area contributed by atoms with E-state index in [0.29, 0.717) is 17.1 Å². The molecule has 3 rings (SSSR count). The summed E-state index contributed by atoms with van der Waals surface area (Å²) in [6.07, 6.45) is 1.56. The van der Waals surface area contributed by atoms with E-state index in [9.17, 15) is 4.79 Å². The highest BCUT2D eigenvalue weighted by molar-refractivity contribution is 7.17. The van der Waals surface area contributed by atoms with Gasteiger partial charge in [0.25, 0.3) is 5.56 Å². The number of pyridine rings is 1. The van der Waals surface area contributed by atoms with Crippen LogP contribution in [0.1, 0.15) is 11.3 Å². The van der Waals surface area contributed by atoms with Crippen LogP contribution in [0.5, 0.6) is 0 Å². The van der Waals surface area contributed by atoms with Crippen molar-refractivity contribution in [2.75, 3.05) is 5.43 Å². The summed E-state index contributed by atoms with van der Waals surface area (Å²) in [5, 5.41) is 1.95. The van der Waals surface area contributed by atoms with Gasteiger partial charge in [-0.2, -0.15) is 0 Å². The Balaban J connectivity index is 2.02. The molecular formula is C13H13N5OS. The van der Waals surface area contributed by atoms with Crippen molar-refractivity contribution in [1.29, 1.82) is 0 Å². The molecule has 0 spiro atoms. The molecule has 0 amide bonds. The third kappa shape index (κ3) is 2.17. The van der Waals surface area contributed by atoms with Gasteiger partial charge in [-0.1, -0.05) is 6.07 Å². The Bertz CT molecular complexity index is 823. The Morgan fingerprint density at radius 1 is 1.45 bits per heavy atom. The maximum absolute atomic E-state index is 12.4. The first-order valence-electron chi connectivity index (χ1n) is 6.05. The van der Waals surface area contributed by atoms with E-state index in [2.05, 4.69) is 15.4 Å². The Morgan fingerprint density at radius 3 is 3.10 bits per heavy atom. The molecule has 0 radical (unpaired) electrons. The van der Waals surface area contributed by atoms with E-state index in [1.807, 2.05) is 24.4 Å². The van der Waals surface area contributed by atoms with Gasteiger partial charge in [0.05, 0.1) is 24.1 Å². The van der Waals surface area contributed by atoms with Crippen molar-refractivity contribution >= 4 is 27.4 Å². The average Bonchev–Trinajstić information content (AvgIpc) is 2.84. The molecule has 0 aliphatic carbocycles. The lowest BCUT2D eigenvalue weighted by Gasteiger charge is -2.06. The number of nitrogens with two attached hydrogens (primary N) is 1. The van der Waals surface area contributed by atoms with E-state index >= 15 is 0 Å². The SMILES string of the molecule is Cc1csc2c(=O)n(Cc3cccc(NN)n3)cnc12. The maximum atomic E-state index is 12.4. The molecule has 7 heteroatoms. The molecule has 0 saturated heterocycles. The first-order valence-corrected chi connectivity index (χ1v) is 6.93. The van der Waals surface area contributed by atoms with Gasteiger partial charge in [-0.05, 0) is 30.0 Å². The van der Waals surface area contributed by atoms with Gasteiger partial charge in [-0.15, -0.1) is 11.3 Å². The Kier molecular flexibility index (Phi) is 3.21. The van der Waals surface area contributed by atoms with Gasteiger partial charge in [0.2, 0.25) is 0 Å². The van der Waals surface area contributed by atoms with Crippen molar-refractivity contribution in [3.63, 3.8) is 0 Å². The lowest BCUT2D eigenvalue weighted by Crippen LogP contribution is -2.21. The lowest BCUT2D eigenvalue weighted by atomic mass is 10.3. The lowest BCUT2D eigenvalue weighted by molar-refractivity contribution is 0.731. The standard InChI is InChI=1S/C13H13N5OS/c1-8-6-20-12-11(8)15-7-18(13(12)19)5-9-3-2-4-10(16-9)17-14/h2-4,6-7H,5,14H2,1H3,(H,16,17). The van der Waals surface area contributed by atoms with Crippen molar-refractivity contribution in [3.05, 3.63) is 51.5 Å². The van der Waals surface area contributed by atoms with Gasteiger partial charge >= 0.3 is 0 Å². The quantitative estimate of drug-likeness (QED) is 0.563. The summed E-state index contributed by atoms with van der Waals surface area (Å²) in [6, 6.07) is 5.44. The first-order chi connectivity index (χ1) is 9.69. The number of hydrogen-bond acceptors (Lipinski definition) is 6. The zero-order chi connectivity index (χ0) is 14.1. The molecule has 0 aliphatic heterocycles. The van der Waals surface area contributed by atoms with Crippen molar-refractivity contribution in [1.82, 2.24) is 14.5 Å². The average molecular weight is 287 g/mol. The summed E-state index contributed by atoms with van der Waals surface area (Å²) < 4.78 is 2.24. The van der Waals surface area contributed by atoms with E-state index in [1.54, 1.807) is 17.0 Å². The van der Waals surface area contributed by atoms with Crippen molar-refractivity contribution in [3.8, 4) is 0 Å². The van der Waals surface area contributed by atoms with Crippen LogP contribution in [-0.2, 0) is 6.54 Å². The molecule has 3 heterocycles. The number of thiophene rings is 1. The number of nitrogens with one attached hydrogen (secondary N) is 1. The Labute approximate surface area is 118 Å². The van der Waals surface area contributed by atoms with E-state index in [4.69, 9.17) is 5.84 Å². The monoisotopic (exact) mass is 287 g/mol. The first kappa shape index (κ1) is 12.8. The summed E-state index contributed by atoms with van der Waals surface area (Å²) in [5.74, 6) is 5.89. The highest BCUT2D eigenvalue weighted by atomic mass is 32.1. The topological polar surface area (TPSA) is 85.8 Å². The number of fused-ring (bicyclic) bond motifs is 1. The fraction of sp³-hybridized carbons (Fsp3) is 0.154. The predicted octanol–water partition coefficient (Wildman–Crippen LogP) is 1.50. The normalized spacial score (nSPS) is 10.9. The van der Waals surface area contributed by atoms with Crippen LogP contribution in [0.3, 0.4) is 0 Å². The molecule has 20 heavy (non-hydrogen) atoms. The number of hydrazine groups is 1. The molecule has 0 saturated carbocycles. The molecule has 3 aromatic heterocycles. The van der Waals surface area contributed by atoms with Crippen LogP contribution in [0.25, 0.3) is 10.2 Å². The molecule has 3 aromatic rings. The summed E-state index contributed by atoms with van der Waals surface area (Å²) in [4.78, 5) is 21.0. The summed E-state index contributed by atoms with van der Waals surface area (Å²) in [6.45, 7) is 2.32. The van der Waals surface area contributed by atoms with Crippen LogP contribution in [-0.4, -0.2) is 14.5 Å². The van der Waals surface area contributed by atoms with Gasteiger partial charge in [0.15, 0.2) is 0 Å². The van der Waals surface area contributed by atoms with Crippen LogP contribution < -0.4 is 16.8 Å². The third-order valence-corrected chi connectivity index (χ3v) is 4.09. The predicted molar refractivity (Wildman–Crippen MR) is 79.8 cm³/mol. The molecule has 102 valence electrons. The second kappa shape index (κ2) is 5.03. The largest absolute Gasteiger partial charge is 0.308 e. The summed E-state index contributed by atoms with van der Waals surface area (Å²) >= 11 is 1.42. The second-order valence-corrected chi connectivity index (χ2v) is 5.31.